The largest absolute Gasteiger partial charge is 0.351 e. The van der Waals surface area contributed by atoms with Crippen LogP contribution in [0.3, 0.4) is 0 Å². The number of hydrogen-bond donors (Lipinski definition) is 4. The first-order valence-electron chi connectivity index (χ1n) is 7.46. The zero-order valence-electron chi connectivity index (χ0n) is 11.9. The van der Waals surface area contributed by atoms with Gasteiger partial charge in [0.1, 0.15) is 10.3 Å². The molecule has 0 radical (unpaired) electrons. The Kier molecular flexibility index (Phi) is 3.42. The van der Waals surface area contributed by atoms with Crippen molar-refractivity contribution < 1.29 is 9.59 Å². The molecule has 4 rings (SSSR count). The van der Waals surface area contributed by atoms with Gasteiger partial charge in [-0.2, -0.15) is 0 Å². The van der Waals surface area contributed by atoms with Gasteiger partial charge in [-0.1, -0.05) is 11.8 Å². The SMILES string of the molecule is O=C1Nc2ccnc3c2C(N1)C(C(=O)NC1CCCNC1)S3. The Bertz CT molecular complexity index is 632. The van der Waals surface area contributed by atoms with Gasteiger partial charge in [-0.15, -0.1) is 0 Å². The van der Waals surface area contributed by atoms with Gasteiger partial charge in [-0.3, -0.25) is 4.79 Å². The summed E-state index contributed by atoms with van der Waals surface area (Å²) >= 11 is 1.42. The van der Waals surface area contributed by atoms with E-state index in [0.29, 0.717) is 0 Å². The summed E-state index contributed by atoms with van der Waals surface area (Å²) in [5.74, 6) is -0.0325. The molecule has 3 atom stereocenters. The summed E-state index contributed by atoms with van der Waals surface area (Å²) in [6, 6.07) is 1.36. The first-order valence-corrected chi connectivity index (χ1v) is 8.34. The maximum absolute atomic E-state index is 12.6. The van der Waals surface area contributed by atoms with Crippen molar-refractivity contribution >= 4 is 29.4 Å². The molecule has 0 spiro atoms. The molecule has 3 unspecified atom stereocenters. The predicted molar refractivity (Wildman–Crippen MR) is 82.8 cm³/mol. The summed E-state index contributed by atoms with van der Waals surface area (Å²) in [7, 11) is 0. The normalized spacial score (nSPS) is 29.3. The first-order chi connectivity index (χ1) is 10.7. The molecule has 22 heavy (non-hydrogen) atoms. The molecule has 7 nitrogen and oxygen atoms in total. The second-order valence-corrected chi connectivity index (χ2v) is 6.87. The van der Waals surface area contributed by atoms with Crippen molar-refractivity contribution in [1.82, 2.24) is 20.9 Å². The monoisotopic (exact) mass is 319 g/mol. The van der Waals surface area contributed by atoms with Crippen molar-refractivity contribution in [2.24, 2.45) is 0 Å². The summed E-state index contributed by atoms with van der Waals surface area (Å²) < 4.78 is 0. The number of piperidine rings is 1. The topological polar surface area (TPSA) is 95.2 Å². The molecule has 1 fully saturated rings. The van der Waals surface area contributed by atoms with E-state index in [-0.39, 0.29) is 29.3 Å². The third-order valence-corrected chi connectivity index (χ3v) is 5.53. The maximum atomic E-state index is 12.6. The molecule has 0 aliphatic carbocycles. The number of urea groups is 1. The Morgan fingerprint density at radius 3 is 3.18 bits per heavy atom. The predicted octanol–water partition coefficient (Wildman–Crippen LogP) is 0.600. The molecular weight excluding hydrogens is 302 g/mol. The molecule has 8 heteroatoms. The number of anilines is 1. The average molecular weight is 319 g/mol. The second-order valence-electron chi connectivity index (χ2n) is 5.74. The Morgan fingerprint density at radius 1 is 1.45 bits per heavy atom. The number of pyridine rings is 1. The minimum Gasteiger partial charge on any atom is -0.351 e. The molecule has 1 saturated heterocycles. The second kappa shape index (κ2) is 5.44. The molecule has 1 aromatic rings. The molecule has 4 N–H and O–H groups in total. The minimum absolute atomic E-state index is 0.0325. The van der Waals surface area contributed by atoms with Crippen LogP contribution in [0, 0.1) is 0 Å². The number of amides is 3. The zero-order valence-corrected chi connectivity index (χ0v) is 12.7. The Morgan fingerprint density at radius 2 is 2.36 bits per heavy atom. The van der Waals surface area contributed by atoms with Gasteiger partial charge < -0.3 is 21.3 Å². The van der Waals surface area contributed by atoms with Crippen molar-refractivity contribution in [3.05, 3.63) is 17.8 Å². The molecule has 1 aromatic heterocycles. The van der Waals surface area contributed by atoms with E-state index in [2.05, 4.69) is 26.3 Å². The molecule has 3 aliphatic heterocycles. The lowest BCUT2D eigenvalue weighted by atomic mass is 10.0. The molecule has 3 aliphatic rings. The van der Waals surface area contributed by atoms with E-state index in [4.69, 9.17) is 0 Å². The van der Waals surface area contributed by atoms with E-state index >= 15 is 0 Å². The summed E-state index contributed by atoms with van der Waals surface area (Å²) in [5, 5.41) is 12.5. The van der Waals surface area contributed by atoms with Crippen LogP contribution in [-0.2, 0) is 4.79 Å². The summed E-state index contributed by atoms with van der Waals surface area (Å²) in [4.78, 5) is 28.8. The Labute approximate surface area is 132 Å². The van der Waals surface area contributed by atoms with Crippen LogP contribution < -0.4 is 21.3 Å². The van der Waals surface area contributed by atoms with Gasteiger partial charge in [0, 0.05) is 24.3 Å². The maximum Gasteiger partial charge on any atom is 0.319 e. The fourth-order valence-electron chi connectivity index (χ4n) is 3.21. The lowest BCUT2D eigenvalue weighted by Crippen LogP contribution is -2.51. The number of nitrogens with zero attached hydrogens (tertiary/aromatic N) is 1. The highest BCUT2D eigenvalue weighted by Crippen LogP contribution is 2.47. The first kappa shape index (κ1) is 13.8. The van der Waals surface area contributed by atoms with E-state index in [0.717, 1.165) is 42.2 Å². The third-order valence-electron chi connectivity index (χ3n) is 4.24. The van der Waals surface area contributed by atoms with Crippen LogP contribution in [0.1, 0.15) is 24.4 Å². The van der Waals surface area contributed by atoms with Crippen molar-refractivity contribution in [2.75, 3.05) is 18.4 Å². The van der Waals surface area contributed by atoms with Crippen molar-refractivity contribution in [2.45, 2.75) is 35.2 Å². The molecule has 0 saturated carbocycles. The summed E-state index contributed by atoms with van der Waals surface area (Å²) in [5.41, 5.74) is 1.68. The molecule has 4 heterocycles. The number of carbonyl (C=O) groups excluding carboxylic acids is 2. The van der Waals surface area contributed by atoms with Gasteiger partial charge in [0.25, 0.3) is 0 Å². The van der Waals surface area contributed by atoms with Gasteiger partial charge >= 0.3 is 6.03 Å². The number of rotatable bonds is 2. The molecular formula is C14H17N5O2S. The fraction of sp³-hybridized carbons (Fsp3) is 0.500. The van der Waals surface area contributed by atoms with Crippen LogP contribution in [0.2, 0.25) is 0 Å². The molecule has 3 amide bonds. The average Bonchev–Trinajstić information content (AvgIpc) is 2.88. The fourth-order valence-corrected chi connectivity index (χ4v) is 4.45. The van der Waals surface area contributed by atoms with Crippen LogP contribution in [0.5, 0.6) is 0 Å². The highest BCUT2D eigenvalue weighted by atomic mass is 32.2. The highest BCUT2D eigenvalue weighted by molar-refractivity contribution is 8.01. The quantitative estimate of drug-likeness (QED) is 0.640. The van der Waals surface area contributed by atoms with Crippen LogP contribution in [-0.4, -0.2) is 41.3 Å². The van der Waals surface area contributed by atoms with Crippen molar-refractivity contribution in [1.29, 1.82) is 0 Å². The van der Waals surface area contributed by atoms with Gasteiger partial charge in [0.2, 0.25) is 5.91 Å². The van der Waals surface area contributed by atoms with E-state index in [1.54, 1.807) is 12.3 Å². The Hall–Kier alpha value is -1.80. The van der Waals surface area contributed by atoms with Crippen LogP contribution in [0.15, 0.2) is 17.3 Å². The Balaban J connectivity index is 1.55. The summed E-state index contributed by atoms with van der Waals surface area (Å²) in [6.45, 7) is 1.81. The van der Waals surface area contributed by atoms with E-state index < -0.39 is 0 Å². The molecule has 0 bridgehead atoms. The number of carbonyl (C=O) groups is 2. The van der Waals surface area contributed by atoms with Gasteiger partial charge in [0.05, 0.1) is 11.7 Å². The smallest absolute Gasteiger partial charge is 0.319 e. The van der Waals surface area contributed by atoms with Gasteiger partial charge in [0.15, 0.2) is 0 Å². The standard InChI is InChI=1S/C14H17N5O2S/c20-12(17-7-2-1-4-15-6-7)11-10-9-8(18-14(21)19-10)3-5-16-13(9)22-11/h3,5,7,10-11,15H,1-2,4,6H2,(H,17,20)(H2,18,19,21). The van der Waals surface area contributed by atoms with E-state index in [1.165, 1.54) is 11.8 Å². The minimum atomic E-state index is -0.364. The summed E-state index contributed by atoms with van der Waals surface area (Å²) in [6.07, 6.45) is 3.72. The van der Waals surface area contributed by atoms with Gasteiger partial charge in [-0.25, -0.2) is 9.78 Å². The highest BCUT2D eigenvalue weighted by Gasteiger charge is 2.44. The number of thioether (sulfide) groups is 1. The van der Waals surface area contributed by atoms with Crippen molar-refractivity contribution in [3.8, 4) is 0 Å². The van der Waals surface area contributed by atoms with E-state index in [9.17, 15) is 9.59 Å². The zero-order chi connectivity index (χ0) is 15.1. The molecule has 116 valence electrons. The van der Waals surface area contributed by atoms with Crippen LogP contribution in [0.25, 0.3) is 0 Å². The van der Waals surface area contributed by atoms with Crippen LogP contribution >= 0.6 is 11.8 Å². The van der Waals surface area contributed by atoms with Crippen LogP contribution in [0.4, 0.5) is 10.5 Å². The van der Waals surface area contributed by atoms with E-state index in [1.807, 2.05) is 0 Å². The lowest BCUT2D eigenvalue weighted by Gasteiger charge is -2.29. The lowest BCUT2D eigenvalue weighted by molar-refractivity contribution is -0.121. The third kappa shape index (κ3) is 2.32. The number of aromatic nitrogens is 1. The van der Waals surface area contributed by atoms with Gasteiger partial charge in [-0.05, 0) is 25.5 Å². The number of hydrogen-bond acceptors (Lipinski definition) is 5. The molecule has 0 aromatic carbocycles. The van der Waals surface area contributed by atoms with Crippen molar-refractivity contribution in [3.63, 3.8) is 0 Å². The number of nitrogens with one attached hydrogen (secondary N) is 4.